The number of aryl methyl sites for hydroxylation is 1. The average Bonchev–Trinajstić information content (AvgIpc) is 2.74. The first-order chi connectivity index (χ1) is 9.93. The number of carboxylic acids is 1. The van der Waals surface area contributed by atoms with Gasteiger partial charge in [-0.1, -0.05) is 6.07 Å². The molecule has 0 unspecified atom stereocenters. The smallest absolute Gasteiger partial charge is 0.346 e. The van der Waals surface area contributed by atoms with Gasteiger partial charge in [-0.25, -0.2) is 4.79 Å². The maximum Gasteiger partial charge on any atom is 0.346 e. The molecule has 0 radical (unpaired) electrons. The molecule has 0 amide bonds. The van der Waals surface area contributed by atoms with E-state index in [0.717, 1.165) is 5.56 Å². The third kappa shape index (κ3) is 2.87. The normalized spacial score (nSPS) is 11.7. The molecule has 2 aromatic rings. The fourth-order valence-electron chi connectivity index (χ4n) is 1.92. The Morgan fingerprint density at radius 3 is 2.86 bits per heavy atom. The SMILES string of the molecule is Cc1cccn2c(/C=C(\C#N)C(=O)O)c(OC(C)C)nc12. The molecule has 0 atom stereocenters. The molecular formula is C15H15N3O3. The molecule has 0 fully saturated rings. The molecule has 0 bridgehead atoms. The van der Waals surface area contributed by atoms with Gasteiger partial charge in [-0.2, -0.15) is 10.2 Å². The van der Waals surface area contributed by atoms with Crippen molar-refractivity contribution < 1.29 is 14.6 Å². The third-order valence-electron chi connectivity index (χ3n) is 2.83. The van der Waals surface area contributed by atoms with Crippen molar-refractivity contribution in [1.29, 1.82) is 5.26 Å². The van der Waals surface area contributed by atoms with Gasteiger partial charge in [0.2, 0.25) is 5.88 Å². The van der Waals surface area contributed by atoms with Crippen molar-refractivity contribution in [1.82, 2.24) is 9.38 Å². The standard InChI is InChI=1S/C15H15N3O3/c1-9(2)21-14-12(7-11(8-16)15(19)20)18-6-4-5-10(3)13(18)17-14/h4-7,9H,1-3H3,(H,19,20)/b11-7+. The van der Waals surface area contributed by atoms with E-state index in [4.69, 9.17) is 15.1 Å². The second kappa shape index (κ2) is 5.67. The number of fused-ring (bicyclic) bond motifs is 1. The van der Waals surface area contributed by atoms with E-state index >= 15 is 0 Å². The van der Waals surface area contributed by atoms with Crippen molar-refractivity contribution >= 4 is 17.7 Å². The van der Waals surface area contributed by atoms with Crippen LogP contribution < -0.4 is 4.74 Å². The minimum absolute atomic E-state index is 0.113. The van der Waals surface area contributed by atoms with Crippen molar-refractivity contribution in [3.05, 3.63) is 35.2 Å². The Morgan fingerprint density at radius 2 is 2.29 bits per heavy atom. The van der Waals surface area contributed by atoms with E-state index in [1.54, 1.807) is 16.7 Å². The Hall–Kier alpha value is -2.81. The van der Waals surface area contributed by atoms with Gasteiger partial charge in [0.25, 0.3) is 0 Å². The summed E-state index contributed by atoms with van der Waals surface area (Å²) in [7, 11) is 0. The van der Waals surface area contributed by atoms with Crippen molar-refractivity contribution in [2.24, 2.45) is 0 Å². The highest BCUT2D eigenvalue weighted by Gasteiger charge is 2.17. The van der Waals surface area contributed by atoms with E-state index < -0.39 is 5.97 Å². The molecular weight excluding hydrogens is 270 g/mol. The van der Waals surface area contributed by atoms with E-state index in [1.807, 2.05) is 32.9 Å². The summed E-state index contributed by atoms with van der Waals surface area (Å²) in [5, 5.41) is 17.9. The van der Waals surface area contributed by atoms with Crippen molar-refractivity contribution in [2.45, 2.75) is 26.9 Å². The lowest BCUT2D eigenvalue weighted by molar-refractivity contribution is -0.132. The number of aliphatic carboxylic acids is 1. The molecule has 2 aromatic heterocycles. The quantitative estimate of drug-likeness (QED) is 0.688. The highest BCUT2D eigenvalue weighted by molar-refractivity contribution is 5.96. The molecule has 2 rings (SSSR count). The summed E-state index contributed by atoms with van der Waals surface area (Å²) < 4.78 is 7.35. The minimum atomic E-state index is -1.28. The number of imidazole rings is 1. The summed E-state index contributed by atoms with van der Waals surface area (Å²) in [5.41, 5.74) is 1.68. The first-order valence-electron chi connectivity index (χ1n) is 6.43. The predicted molar refractivity (Wildman–Crippen MR) is 76.9 cm³/mol. The van der Waals surface area contributed by atoms with Gasteiger partial charge in [-0.05, 0) is 38.5 Å². The van der Waals surface area contributed by atoms with Crippen LogP contribution in [0.5, 0.6) is 5.88 Å². The Labute approximate surface area is 121 Å². The van der Waals surface area contributed by atoms with Gasteiger partial charge in [0, 0.05) is 6.20 Å². The number of nitrogens with zero attached hydrogens (tertiary/aromatic N) is 3. The molecule has 21 heavy (non-hydrogen) atoms. The molecule has 2 heterocycles. The van der Waals surface area contributed by atoms with Crippen LogP contribution in [0.1, 0.15) is 25.1 Å². The number of nitriles is 1. The minimum Gasteiger partial charge on any atom is -0.477 e. The van der Waals surface area contributed by atoms with Crippen LogP contribution in [-0.4, -0.2) is 26.6 Å². The highest BCUT2D eigenvalue weighted by atomic mass is 16.5. The van der Waals surface area contributed by atoms with Crippen LogP contribution >= 0.6 is 0 Å². The maximum atomic E-state index is 11.0. The molecule has 6 nitrogen and oxygen atoms in total. The fraction of sp³-hybridized carbons (Fsp3) is 0.267. The number of carbonyl (C=O) groups is 1. The Balaban J connectivity index is 2.72. The third-order valence-corrected chi connectivity index (χ3v) is 2.83. The summed E-state index contributed by atoms with van der Waals surface area (Å²) >= 11 is 0. The van der Waals surface area contributed by atoms with Crippen LogP contribution in [0.4, 0.5) is 0 Å². The lowest BCUT2D eigenvalue weighted by Crippen LogP contribution is -2.07. The Kier molecular flexibility index (Phi) is 3.94. The Bertz CT molecular complexity index is 766. The summed E-state index contributed by atoms with van der Waals surface area (Å²) in [6.07, 6.45) is 2.92. The van der Waals surface area contributed by atoms with Crippen molar-refractivity contribution in [2.75, 3.05) is 0 Å². The van der Waals surface area contributed by atoms with Gasteiger partial charge in [-0.3, -0.25) is 4.40 Å². The Morgan fingerprint density at radius 1 is 1.57 bits per heavy atom. The van der Waals surface area contributed by atoms with Crippen LogP contribution in [0.25, 0.3) is 11.7 Å². The molecule has 108 valence electrons. The number of carboxylic acid groups (broad SMARTS) is 1. The predicted octanol–water partition coefficient (Wildman–Crippen LogP) is 2.42. The average molecular weight is 285 g/mol. The van der Waals surface area contributed by atoms with E-state index in [-0.39, 0.29) is 11.7 Å². The molecule has 0 saturated heterocycles. The van der Waals surface area contributed by atoms with E-state index in [1.165, 1.54) is 6.08 Å². The second-order valence-electron chi connectivity index (χ2n) is 4.83. The second-order valence-corrected chi connectivity index (χ2v) is 4.83. The van der Waals surface area contributed by atoms with Crippen molar-refractivity contribution in [3.8, 4) is 11.9 Å². The summed E-state index contributed by atoms with van der Waals surface area (Å²) in [5.74, 6) is -0.969. The zero-order valence-electron chi connectivity index (χ0n) is 12.0. The van der Waals surface area contributed by atoms with Crippen LogP contribution in [0.15, 0.2) is 23.9 Å². The lowest BCUT2D eigenvalue weighted by atomic mass is 10.2. The highest BCUT2D eigenvalue weighted by Crippen LogP contribution is 2.25. The molecule has 0 saturated carbocycles. The summed E-state index contributed by atoms with van der Waals surface area (Å²) in [6.45, 7) is 5.61. The first-order valence-corrected chi connectivity index (χ1v) is 6.43. The number of aromatic nitrogens is 2. The molecule has 0 aliphatic heterocycles. The van der Waals surface area contributed by atoms with Gasteiger partial charge in [-0.15, -0.1) is 0 Å². The van der Waals surface area contributed by atoms with Crippen LogP contribution in [0, 0.1) is 18.3 Å². The summed E-state index contributed by atoms with van der Waals surface area (Å²) in [6, 6.07) is 5.39. The van der Waals surface area contributed by atoms with E-state index in [9.17, 15) is 4.79 Å². The molecule has 6 heteroatoms. The molecule has 1 N–H and O–H groups in total. The van der Waals surface area contributed by atoms with Gasteiger partial charge >= 0.3 is 5.97 Å². The van der Waals surface area contributed by atoms with Gasteiger partial charge < -0.3 is 9.84 Å². The zero-order valence-corrected chi connectivity index (χ0v) is 12.0. The lowest BCUT2D eigenvalue weighted by Gasteiger charge is -2.07. The molecule has 0 aromatic carbocycles. The number of hydrogen-bond donors (Lipinski definition) is 1. The summed E-state index contributed by atoms with van der Waals surface area (Å²) in [4.78, 5) is 15.4. The zero-order chi connectivity index (χ0) is 15.6. The van der Waals surface area contributed by atoms with E-state index in [2.05, 4.69) is 4.98 Å². The van der Waals surface area contributed by atoms with E-state index in [0.29, 0.717) is 17.2 Å². The number of rotatable bonds is 4. The maximum absolute atomic E-state index is 11.0. The first kappa shape index (κ1) is 14.6. The van der Waals surface area contributed by atoms with Crippen molar-refractivity contribution in [3.63, 3.8) is 0 Å². The molecule has 0 aliphatic rings. The number of hydrogen-bond acceptors (Lipinski definition) is 4. The van der Waals surface area contributed by atoms with Crippen LogP contribution in [0.2, 0.25) is 0 Å². The van der Waals surface area contributed by atoms with Crippen LogP contribution in [-0.2, 0) is 4.79 Å². The topological polar surface area (TPSA) is 87.6 Å². The fourth-order valence-corrected chi connectivity index (χ4v) is 1.92. The molecule has 0 aliphatic carbocycles. The van der Waals surface area contributed by atoms with Crippen LogP contribution in [0.3, 0.4) is 0 Å². The largest absolute Gasteiger partial charge is 0.477 e. The molecule has 0 spiro atoms. The van der Waals surface area contributed by atoms with Gasteiger partial charge in [0.1, 0.15) is 23.0 Å². The van der Waals surface area contributed by atoms with Gasteiger partial charge in [0.15, 0.2) is 0 Å². The number of pyridine rings is 1. The van der Waals surface area contributed by atoms with Gasteiger partial charge in [0.05, 0.1) is 6.10 Å². The number of ether oxygens (including phenoxy) is 1. The monoisotopic (exact) mass is 285 g/mol.